The van der Waals surface area contributed by atoms with Gasteiger partial charge < -0.3 is 14.0 Å². The molecule has 0 saturated carbocycles. The number of thiazole rings is 1. The molecule has 3 heterocycles. The van der Waals surface area contributed by atoms with E-state index in [0.717, 1.165) is 43.8 Å². The smallest absolute Gasteiger partial charge is 0.338 e. The van der Waals surface area contributed by atoms with Crippen LogP contribution in [0, 0.1) is 0 Å². The Balaban J connectivity index is 1.48. The van der Waals surface area contributed by atoms with Crippen LogP contribution in [-0.2, 0) is 9.53 Å². The molecule has 2 aromatic heterocycles. The van der Waals surface area contributed by atoms with Crippen molar-refractivity contribution in [2.24, 2.45) is 4.99 Å². The lowest BCUT2D eigenvalue weighted by Gasteiger charge is -2.24. The number of carbonyl (C=O) groups is 1. The maximum absolute atomic E-state index is 14.6. The van der Waals surface area contributed by atoms with Crippen LogP contribution >= 0.6 is 27.3 Å². The van der Waals surface area contributed by atoms with Crippen LogP contribution in [0.4, 0.5) is 0 Å². The lowest BCUT2D eigenvalue weighted by Crippen LogP contribution is -2.39. The van der Waals surface area contributed by atoms with E-state index in [1.54, 1.807) is 18.4 Å². The second-order valence-electron chi connectivity index (χ2n) is 11.7. The third kappa shape index (κ3) is 6.30. The van der Waals surface area contributed by atoms with Crippen LogP contribution in [0.25, 0.3) is 34.3 Å². The average Bonchev–Trinajstić information content (AvgIpc) is 3.66. The molecule has 1 aliphatic rings. The molecule has 0 spiro atoms. The summed E-state index contributed by atoms with van der Waals surface area (Å²) in [7, 11) is 0. The van der Waals surface area contributed by atoms with E-state index in [1.807, 2.05) is 85.8 Å². The number of aromatic nitrogens is 2. The Morgan fingerprint density at radius 1 is 0.880 bits per heavy atom. The highest BCUT2D eigenvalue weighted by Gasteiger charge is 2.33. The van der Waals surface area contributed by atoms with E-state index in [2.05, 4.69) is 63.0 Å². The highest BCUT2D eigenvalue weighted by atomic mass is 79.9. The number of halogens is 1. The second kappa shape index (κ2) is 14.3. The Labute approximate surface area is 302 Å². The molecule has 4 aromatic carbocycles. The Bertz CT molecular complexity index is 2390. The van der Waals surface area contributed by atoms with Crippen molar-refractivity contribution in [2.45, 2.75) is 26.8 Å². The van der Waals surface area contributed by atoms with E-state index in [1.165, 1.54) is 11.3 Å². The molecular weight excluding hydrogens is 710 g/mol. The Kier molecular flexibility index (Phi) is 9.52. The van der Waals surface area contributed by atoms with E-state index >= 15 is 0 Å². The van der Waals surface area contributed by atoms with E-state index in [9.17, 15) is 9.59 Å². The Hall–Kier alpha value is -5.25. The van der Waals surface area contributed by atoms with Gasteiger partial charge in [-0.25, -0.2) is 9.79 Å². The molecule has 0 N–H and O–H groups in total. The molecule has 0 aliphatic carbocycles. The first-order valence-electron chi connectivity index (χ1n) is 16.4. The molecule has 50 heavy (non-hydrogen) atoms. The predicted octanol–water partition coefficient (Wildman–Crippen LogP) is 8.08. The van der Waals surface area contributed by atoms with Gasteiger partial charge >= 0.3 is 5.97 Å². The quantitative estimate of drug-likeness (QED) is 0.140. The summed E-state index contributed by atoms with van der Waals surface area (Å²) in [4.78, 5) is 33.3. The summed E-state index contributed by atoms with van der Waals surface area (Å²) in [6, 6.07) is 37.6. The first kappa shape index (κ1) is 33.3. The molecule has 9 heteroatoms. The van der Waals surface area contributed by atoms with Crippen LogP contribution in [0.15, 0.2) is 141 Å². The fourth-order valence-corrected chi connectivity index (χ4v) is 7.67. The molecule has 0 fully saturated rings. The maximum atomic E-state index is 14.6. The number of esters is 1. The first-order chi connectivity index (χ1) is 24.4. The third-order valence-electron chi connectivity index (χ3n) is 8.54. The van der Waals surface area contributed by atoms with Gasteiger partial charge in [-0.3, -0.25) is 9.36 Å². The molecule has 250 valence electrons. The molecule has 7 rings (SSSR count). The van der Waals surface area contributed by atoms with Crippen LogP contribution in [0.1, 0.15) is 37.9 Å². The van der Waals surface area contributed by atoms with Crippen molar-refractivity contribution >= 4 is 39.3 Å². The molecule has 6 aromatic rings. The highest BCUT2D eigenvalue weighted by Crippen LogP contribution is 2.37. The molecule has 0 unspecified atom stereocenters. The average molecular weight is 745 g/mol. The third-order valence-corrected chi connectivity index (χ3v) is 10.1. The van der Waals surface area contributed by atoms with Crippen molar-refractivity contribution in [1.29, 1.82) is 0 Å². The van der Waals surface area contributed by atoms with Gasteiger partial charge in [0.25, 0.3) is 5.56 Å². The number of rotatable bonds is 9. The van der Waals surface area contributed by atoms with Crippen molar-refractivity contribution in [3.63, 3.8) is 0 Å². The van der Waals surface area contributed by atoms with Crippen molar-refractivity contribution < 1.29 is 14.3 Å². The predicted molar refractivity (Wildman–Crippen MR) is 202 cm³/mol. The van der Waals surface area contributed by atoms with Gasteiger partial charge in [0.05, 0.1) is 46.4 Å². The number of benzene rings is 4. The van der Waals surface area contributed by atoms with Crippen LogP contribution in [0.2, 0.25) is 0 Å². The molecule has 0 radical (unpaired) electrons. The van der Waals surface area contributed by atoms with Gasteiger partial charge in [-0.05, 0) is 86.0 Å². The first-order valence-corrected chi connectivity index (χ1v) is 18.0. The van der Waals surface area contributed by atoms with Gasteiger partial charge in [-0.2, -0.15) is 0 Å². The normalized spacial score (nSPS) is 14.3. The lowest BCUT2D eigenvalue weighted by molar-refractivity contribution is -0.139. The number of hydrogen-bond acceptors (Lipinski definition) is 6. The number of fused-ring (bicyclic) bond motifs is 1. The fraction of sp³-hybridized carbons (Fsp3) is 0.146. The van der Waals surface area contributed by atoms with Crippen LogP contribution < -0.4 is 19.6 Å². The minimum absolute atomic E-state index is 0.206. The van der Waals surface area contributed by atoms with Gasteiger partial charge in [0.1, 0.15) is 5.75 Å². The second-order valence-corrected chi connectivity index (χ2v) is 13.6. The maximum Gasteiger partial charge on any atom is 0.338 e. The number of allylic oxidation sites excluding steroid dienone is 1. The zero-order chi connectivity index (χ0) is 34.8. The largest absolute Gasteiger partial charge is 0.494 e. The summed E-state index contributed by atoms with van der Waals surface area (Å²) in [5, 5.41) is 0. The number of nitrogens with zero attached hydrogens (tertiary/aromatic N) is 3. The SMILES string of the molecule is CCOC(=O)C1=C(C)N=c2s/c(=C\c3cc(-c4ccccc4)n(-c4ccc(Br)cc4)c3-c3ccccc3)c(=O)n2[C@H]1c1ccc(OCC)cc1. The van der Waals surface area contributed by atoms with Crippen LogP contribution in [0.3, 0.4) is 0 Å². The van der Waals surface area contributed by atoms with Crippen molar-refractivity contribution in [3.8, 4) is 34.0 Å². The fourth-order valence-electron chi connectivity index (χ4n) is 6.37. The topological polar surface area (TPSA) is 74.8 Å². The zero-order valence-electron chi connectivity index (χ0n) is 27.8. The van der Waals surface area contributed by atoms with Gasteiger partial charge in [0, 0.05) is 15.7 Å². The van der Waals surface area contributed by atoms with Crippen molar-refractivity contribution in [2.75, 3.05) is 13.2 Å². The summed E-state index contributed by atoms with van der Waals surface area (Å²) < 4.78 is 16.5. The minimum atomic E-state index is -0.719. The van der Waals surface area contributed by atoms with Gasteiger partial charge in [0.15, 0.2) is 4.80 Å². The molecule has 1 atom stereocenters. The highest BCUT2D eigenvalue weighted by molar-refractivity contribution is 9.10. The van der Waals surface area contributed by atoms with E-state index in [-0.39, 0.29) is 12.2 Å². The number of carbonyl (C=O) groups excluding carboxylic acids is 1. The molecule has 0 saturated heterocycles. The molecule has 7 nitrogen and oxygen atoms in total. The number of hydrogen-bond donors (Lipinski definition) is 0. The van der Waals surface area contributed by atoms with Crippen molar-refractivity contribution in [3.05, 3.63) is 162 Å². The van der Waals surface area contributed by atoms with Crippen LogP contribution in [-0.4, -0.2) is 28.3 Å². The van der Waals surface area contributed by atoms with Gasteiger partial charge in [-0.1, -0.05) is 100 Å². The monoisotopic (exact) mass is 743 g/mol. The van der Waals surface area contributed by atoms with E-state index < -0.39 is 12.0 Å². The molecule has 0 bridgehead atoms. The van der Waals surface area contributed by atoms with Crippen molar-refractivity contribution in [1.82, 2.24) is 9.13 Å². The Morgan fingerprint density at radius 2 is 1.54 bits per heavy atom. The summed E-state index contributed by atoms with van der Waals surface area (Å²) in [6.45, 7) is 6.22. The number of ether oxygens (including phenoxy) is 2. The van der Waals surface area contributed by atoms with Gasteiger partial charge in [0.2, 0.25) is 0 Å². The van der Waals surface area contributed by atoms with Gasteiger partial charge in [-0.15, -0.1) is 0 Å². The Morgan fingerprint density at radius 3 is 2.18 bits per heavy atom. The van der Waals surface area contributed by atoms with E-state index in [0.29, 0.717) is 33.0 Å². The molecule has 1 aliphatic heterocycles. The van der Waals surface area contributed by atoms with Crippen LogP contribution in [0.5, 0.6) is 5.75 Å². The van der Waals surface area contributed by atoms with E-state index in [4.69, 9.17) is 14.5 Å². The minimum Gasteiger partial charge on any atom is -0.494 e. The summed E-state index contributed by atoms with van der Waals surface area (Å²) in [6.07, 6.45) is 1.95. The summed E-state index contributed by atoms with van der Waals surface area (Å²) in [5.74, 6) is 0.215. The lowest BCUT2D eigenvalue weighted by atomic mass is 9.96. The summed E-state index contributed by atoms with van der Waals surface area (Å²) >= 11 is 4.90. The summed E-state index contributed by atoms with van der Waals surface area (Å²) in [5.41, 5.74) is 7.22. The zero-order valence-corrected chi connectivity index (χ0v) is 30.2. The standard InChI is InChI=1S/C41H34BrN3O4S/c1-4-48-33-22-16-29(17-23-33)38-36(40(47)49-5-2)26(3)43-41-45(38)39(46)35(50-41)25-30-24-34(27-12-8-6-9-13-27)44(32-20-18-31(42)19-21-32)37(30)28-14-10-7-11-15-28/h6-25,38H,4-5H2,1-3H3/b35-25-/t38-/m0/s1. The molecular formula is C41H34BrN3O4S. The molecule has 0 amide bonds.